The molecule has 2 aromatic rings. The summed E-state index contributed by atoms with van der Waals surface area (Å²) in [6.45, 7) is 6.12. The Bertz CT molecular complexity index is 824. The van der Waals surface area contributed by atoms with E-state index in [1.807, 2.05) is 41.3 Å². The van der Waals surface area contributed by atoms with Crippen LogP contribution in [0.3, 0.4) is 0 Å². The predicted molar refractivity (Wildman–Crippen MR) is 102 cm³/mol. The molecule has 0 radical (unpaired) electrons. The average molecular weight is 349 g/mol. The highest BCUT2D eigenvalue weighted by molar-refractivity contribution is 5.94. The van der Waals surface area contributed by atoms with Gasteiger partial charge >= 0.3 is 0 Å². The largest absolute Gasteiger partial charge is 0.378 e. The summed E-state index contributed by atoms with van der Waals surface area (Å²) in [5, 5.41) is 9.72. The Balaban J connectivity index is 1.66. The lowest BCUT2D eigenvalue weighted by Crippen LogP contribution is -2.49. The second kappa shape index (κ2) is 7.59. The van der Waals surface area contributed by atoms with E-state index in [0.29, 0.717) is 18.7 Å². The van der Waals surface area contributed by atoms with Crippen LogP contribution in [0.5, 0.6) is 0 Å². The molecule has 0 bridgehead atoms. The molecule has 5 nitrogen and oxygen atoms in total. The summed E-state index contributed by atoms with van der Waals surface area (Å²) in [5.41, 5.74) is 0.297. The van der Waals surface area contributed by atoms with Crippen molar-refractivity contribution < 1.29 is 9.90 Å². The van der Waals surface area contributed by atoms with Gasteiger partial charge in [0.2, 0.25) is 0 Å². The van der Waals surface area contributed by atoms with Gasteiger partial charge in [-0.05, 0) is 44.2 Å². The van der Waals surface area contributed by atoms with E-state index >= 15 is 0 Å². The number of piperazine rings is 1. The van der Waals surface area contributed by atoms with Gasteiger partial charge in [0.1, 0.15) is 11.4 Å². The molecule has 0 aliphatic carbocycles. The van der Waals surface area contributed by atoms with E-state index in [-0.39, 0.29) is 5.91 Å². The van der Waals surface area contributed by atoms with E-state index in [2.05, 4.69) is 21.7 Å². The minimum atomic E-state index is -1.05. The van der Waals surface area contributed by atoms with Crippen LogP contribution < -0.4 is 4.90 Å². The summed E-state index contributed by atoms with van der Waals surface area (Å²) >= 11 is 0. The number of aliphatic hydroxyl groups is 1. The van der Waals surface area contributed by atoms with Crippen LogP contribution >= 0.6 is 0 Å². The van der Waals surface area contributed by atoms with Crippen LogP contribution in [0.25, 0.3) is 0 Å². The zero-order valence-electron chi connectivity index (χ0n) is 15.1. The number of nitrogens with zero attached hydrogens (tertiary/aromatic N) is 3. The van der Waals surface area contributed by atoms with Crippen molar-refractivity contribution in [1.82, 2.24) is 9.88 Å². The lowest BCUT2D eigenvalue weighted by molar-refractivity contribution is 0.0746. The van der Waals surface area contributed by atoms with E-state index in [4.69, 9.17) is 0 Å². The molecule has 1 aromatic carbocycles. The molecule has 1 amide bonds. The number of hydrogen-bond donors (Lipinski definition) is 1. The van der Waals surface area contributed by atoms with E-state index in [0.717, 1.165) is 24.5 Å². The molecule has 1 saturated heterocycles. The molecule has 3 rings (SSSR count). The van der Waals surface area contributed by atoms with Gasteiger partial charge in [-0.25, -0.2) is 4.98 Å². The van der Waals surface area contributed by atoms with Crippen molar-refractivity contribution in [3.8, 4) is 11.8 Å². The number of rotatable bonds is 2. The van der Waals surface area contributed by atoms with E-state index in [1.165, 1.54) is 0 Å². The lowest BCUT2D eigenvalue weighted by Gasteiger charge is -2.35. The molecule has 1 aliphatic heterocycles. The van der Waals surface area contributed by atoms with Crippen LogP contribution in [0.2, 0.25) is 0 Å². The molecule has 1 aliphatic rings. The minimum absolute atomic E-state index is 0.0116. The zero-order valence-corrected chi connectivity index (χ0v) is 15.1. The van der Waals surface area contributed by atoms with Crippen molar-refractivity contribution in [3.63, 3.8) is 0 Å². The molecule has 1 fully saturated rings. The van der Waals surface area contributed by atoms with Crippen molar-refractivity contribution >= 4 is 11.7 Å². The summed E-state index contributed by atoms with van der Waals surface area (Å²) in [6.07, 6.45) is 1.78. The molecular weight excluding hydrogens is 326 g/mol. The molecule has 1 aromatic heterocycles. The van der Waals surface area contributed by atoms with Gasteiger partial charge in [-0.2, -0.15) is 0 Å². The second-order valence-electron chi connectivity index (χ2n) is 6.86. The Morgan fingerprint density at radius 1 is 1.12 bits per heavy atom. The smallest absolute Gasteiger partial charge is 0.254 e. The van der Waals surface area contributed by atoms with Gasteiger partial charge in [0.25, 0.3) is 5.91 Å². The maximum absolute atomic E-state index is 12.8. The van der Waals surface area contributed by atoms with Crippen molar-refractivity contribution in [2.75, 3.05) is 31.1 Å². The van der Waals surface area contributed by atoms with Gasteiger partial charge in [-0.15, -0.1) is 0 Å². The minimum Gasteiger partial charge on any atom is -0.378 e. The van der Waals surface area contributed by atoms with Crippen LogP contribution in [0.15, 0.2) is 48.7 Å². The van der Waals surface area contributed by atoms with E-state index in [9.17, 15) is 9.90 Å². The number of aromatic nitrogens is 1. The molecular formula is C21H23N3O2. The fraction of sp³-hybridized carbons (Fsp3) is 0.333. The second-order valence-corrected chi connectivity index (χ2v) is 6.86. The molecule has 0 unspecified atom stereocenters. The third-order valence-corrected chi connectivity index (χ3v) is 4.16. The zero-order chi connectivity index (χ0) is 18.6. The summed E-state index contributed by atoms with van der Waals surface area (Å²) in [7, 11) is 0. The molecule has 2 heterocycles. The number of benzene rings is 1. The SMILES string of the molecule is CC(C)(O)C#Cc1cccc(C(=O)N2CCN(c3ccccn3)CC2)c1. The monoisotopic (exact) mass is 349 g/mol. The molecule has 26 heavy (non-hydrogen) atoms. The Kier molecular flexibility index (Phi) is 5.24. The Morgan fingerprint density at radius 3 is 2.54 bits per heavy atom. The normalized spacial score (nSPS) is 14.6. The summed E-state index contributed by atoms with van der Waals surface area (Å²) in [5.74, 6) is 6.66. The standard InChI is InChI=1S/C21H23N3O2/c1-21(2,26)10-9-17-6-5-7-18(16-17)20(25)24-14-12-23(13-15-24)19-8-3-4-11-22-19/h3-8,11,16,26H,12-15H2,1-2H3. The summed E-state index contributed by atoms with van der Waals surface area (Å²) in [6, 6.07) is 13.1. The predicted octanol–water partition coefficient (Wildman–Crippen LogP) is 2.17. The van der Waals surface area contributed by atoms with Crippen molar-refractivity contribution in [3.05, 3.63) is 59.8 Å². The van der Waals surface area contributed by atoms with Crippen LogP contribution in [0.1, 0.15) is 29.8 Å². The first kappa shape index (κ1) is 18.0. The van der Waals surface area contributed by atoms with Crippen LogP contribution in [0, 0.1) is 11.8 Å². The number of anilines is 1. The van der Waals surface area contributed by atoms with Crippen molar-refractivity contribution in [2.45, 2.75) is 19.4 Å². The van der Waals surface area contributed by atoms with Gasteiger partial charge in [0.15, 0.2) is 0 Å². The maximum atomic E-state index is 12.8. The first-order valence-electron chi connectivity index (χ1n) is 8.73. The lowest BCUT2D eigenvalue weighted by atomic mass is 10.1. The first-order chi connectivity index (χ1) is 12.4. The highest BCUT2D eigenvalue weighted by Crippen LogP contribution is 2.15. The van der Waals surface area contributed by atoms with Crippen LogP contribution in [0.4, 0.5) is 5.82 Å². The van der Waals surface area contributed by atoms with Crippen LogP contribution in [-0.4, -0.2) is 52.7 Å². The highest BCUT2D eigenvalue weighted by Gasteiger charge is 2.22. The van der Waals surface area contributed by atoms with Gasteiger partial charge in [-0.1, -0.05) is 24.0 Å². The Hall–Kier alpha value is -2.84. The molecule has 134 valence electrons. The van der Waals surface area contributed by atoms with E-state index in [1.54, 1.807) is 26.1 Å². The number of hydrogen-bond acceptors (Lipinski definition) is 4. The third-order valence-electron chi connectivity index (χ3n) is 4.16. The quantitative estimate of drug-likeness (QED) is 0.845. The van der Waals surface area contributed by atoms with Gasteiger partial charge in [0.05, 0.1) is 0 Å². The van der Waals surface area contributed by atoms with Crippen LogP contribution in [-0.2, 0) is 0 Å². The molecule has 0 saturated carbocycles. The topological polar surface area (TPSA) is 56.7 Å². The van der Waals surface area contributed by atoms with Crippen molar-refractivity contribution in [2.24, 2.45) is 0 Å². The van der Waals surface area contributed by atoms with Gasteiger partial charge in [-0.3, -0.25) is 4.79 Å². The fourth-order valence-electron chi connectivity index (χ4n) is 2.82. The number of carbonyl (C=O) groups excluding carboxylic acids is 1. The molecule has 0 spiro atoms. The Morgan fingerprint density at radius 2 is 1.88 bits per heavy atom. The highest BCUT2D eigenvalue weighted by atomic mass is 16.3. The molecule has 0 atom stereocenters. The Labute approximate surface area is 154 Å². The summed E-state index contributed by atoms with van der Waals surface area (Å²) in [4.78, 5) is 21.2. The van der Waals surface area contributed by atoms with Gasteiger partial charge in [0, 0.05) is 43.5 Å². The molecule has 1 N–H and O–H groups in total. The van der Waals surface area contributed by atoms with Gasteiger partial charge < -0.3 is 14.9 Å². The van der Waals surface area contributed by atoms with Crippen molar-refractivity contribution in [1.29, 1.82) is 0 Å². The molecule has 5 heteroatoms. The number of pyridine rings is 1. The third kappa shape index (κ3) is 4.62. The maximum Gasteiger partial charge on any atom is 0.254 e. The number of carbonyl (C=O) groups is 1. The summed E-state index contributed by atoms with van der Waals surface area (Å²) < 4.78 is 0. The average Bonchev–Trinajstić information content (AvgIpc) is 2.66. The first-order valence-corrected chi connectivity index (χ1v) is 8.73. The van der Waals surface area contributed by atoms with E-state index < -0.39 is 5.60 Å². The fourth-order valence-corrected chi connectivity index (χ4v) is 2.82. The number of amides is 1.